The van der Waals surface area contributed by atoms with Gasteiger partial charge in [-0.1, -0.05) is 31.2 Å². The minimum atomic E-state index is -0.0111. The topological polar surface area (TPSA) is 69.6 Å². The largest absolute Gasteiger partial charge is 0.356 e. The SMILES string of the molecule is CC(CNC(=NCC(=O)N(C)C)NC1CCc2ccccc2C1)c1nccs1. The van der Waals surface area contributed by atoms with E-state index in [0.29, 0.717) is 12.0 Å². The van der Waals surface area contributed by atoms with E-state index in [2.05, 4.69) is 51.8 Å². The van der Waals surface area contributed by atoms with Crippen LogP contribution in [0.25, 0.3) is 0 Å². The van der Waals surface area contributed by atoms with Gasteiger partial charge < -0.3 is 15.5 Å². The fourth-order valence-electron chi connectivity index (χ4n) is 3.27. The van der Waals surface area contributed by atoms with Gasteiger partial charge >= 0.3 is 0 Å². The summed E-state index contributed by atoms with van der Waals surface area (Å²) in [4.78, 5) is 22.5. The van der Waals surface area contributed by atoms with Crippen molar-refractivity contribution in [3.05, 3.63) is 52.0 Å². The van der Waals surface area contributed by atoms with Gasteiger partial charge in [-0.3, -0.25) is 4.79 Å². The average Bonchev–Trinajstić information content (AvgIpc) is 3.24. The molecule has 3 rings (SSSR count). The minimum Gasteiger partial charge on any atom is -0.356 e. The first-order valence-corrected chi connectivity index (χ1v) is 10.6. The number of hydrogen-bond donors (Lipinski definition) is 2. The molecule has 0 radical (unpaired) electrons. The van der Waals surface area contributed by atoms with E-state index in [4.69, 9.17) is 0 Å². The second kappa shape index (κ2) is 9.68. The Hall–Kier alpha value is -2.41. The Morgan fingerprint density at radius 3 is 2.86 bits per heavy atom. The maximum atomic E-state index is 12.0. The molecule has 0 saturated carbocycles. The number of rotatable bonds is 6. The van der Waals surface area contributed by atoms with Crippen molar-refractivity contribution in [3.63, 3.8) is 0 Å². The second-order valence-electron chi connectivity index (χ2n) is 7.46. The van der Waals surface area contributed by atoms with Crippen molar-refractivity contribution in [2.24, 2.45) is 4.99 Å². The molecule has 0 fully saturated rings. The zero-order valence-corrected chi connectivity index (χ0v) is 17.6. The number of carbonyl (C=O) groups excluding carboxylic acids is 1. The van der Waals surface area contributed by atoms with Gasteiger partial charge in [-0.25, -0.2) is 9.98 Å². The van der Waals surface area contributed by atoms with E-state index < -0.39 is 0 Å². The number of carbonyl (C=O) groups is 1. The van der Waals surface area contributed by atoms with Crippen LogP contribution in [0, 0.1) is 0 Å². The molecule has 7 heteroatoms. The van der Waals surface area contributed by atoms with Crippen molar-refractivity contribution >= 4 is 23.2 Å². The molecule has 28 heavy (non-hydrogen) atoms. The molecule has 0 bridgehead atoms. The van der Waals surface area contributed by atoms with Crippen LogP contribution in [-0.2, 0) is 17.6 Å². The lowest BCUT2D eigenvalue weighted by molar-refractivity contribution is -0.127. The molecule has 150 valence electrons. The number of guanidine groups is 1. The van der Waals surface area contributed by atoms with Crippen molar-refractivity contribution in [2.75, 3.05) is 27.2 Å². The standard InChI is InChI=1S/C21H29N5OS/c1-15(20-22-10-11-28-20)13-23-21(24-14-19(27)26(2)3)25-18-9-8-16-6-4-5-7-17(16)12-18/h4-7,10-11,15,18H,8-9,12-14H2,1-3H3,(H2,23,24,25). The fourth-order valence-corrected chi connectivity index (χ4v) is 3.97. The Labute approximate surface area is 171 Å². The molecule has 0 aliphatic heterocycles. The minimum absolute atomic E-state index is 0.0111. The van der Waals surface area contributed by atoms with E-state index in [-0.39, 0.29) is 18.4 Å². The number of aromatic nitrogens is 1. The molecule has 6 nitrogen and oxygen atoms in total. The summed E-state index contributed by atoms with van der Waals surface area (Å²) in [5.41, 5.74) is 2.83. The van der Waals surface area contributed by atoms with Crippen molar-refractivity contribution in [3.8, 4) is 0 Å². The second-order valence-corrected chi connectivity index (χ2v) is 8.38. The first-order chi connectivity index (χ1) is 13.5. The van der Waals surface area contributed by atoms with E-state index >= 15 is 0 Å². The highest BCUT2D eigenvalue weighted by Crippen LogP contribution is 2.21. The zero-order chi connectivity index (χ0) is 19.9. The Morgan fingerprint density at radius 1 is 1.36 bits per heavy atom. The average molecular weight is 400 g/mol. The summed E-state index contributed by atoms with van der Waals surface area (Å²) in [7, 11) is 3.50. The zero-order valence-electron chi connectivity index (χ0n) is 16.8. The third kappa shape index (κ3) is 5.55. The number of amides is 1. The van der Waals surface area contributed by atoms with Gasteiger partial charge in [0.2, 0.25) is 5.91 Å². The molecule has 0 saturated heterocycles. The van der Waals surface area contributed by atoms with Crippen molar-refractivity contribution in [2.45, 2.75) is 38.1 Å². The van der Waals surface area contributed by atoms with Crippen molar-refractivity contribution in [1.82, 2.24) is 20.5 Å². The Kier molecular flexibility index (Phi) is 7.03. The molecule has 1 aliphatic rings. The van der Waals surface area contributed by atoms with Crippen LogP contribution < -0.4 is 10.6 Å². The van der Waals surface area contributed by atoms with Gasteiger partial charge in [0.05, 0.1) is 5.01 Å². The van der Waals surface area contributed by atoms with E-state index in [0.717, 1.165) is 30.8 Å². The summed E-state index contributed by atoms with van der Waals surface area (Å²) in [6, 6.07) is 8.93. The highest BCUT2D eigenvalue weighted by molar-refractivity contribution is 7.09. The number of fused-ring (bicyclic) bond motifs is 1. The van der Waals surface area contributed by atoms with E-state index in [9.17, 15) is 4.79 Å². The van der Waals surface area contributed by atoms with Crippen LogP contribution in [0.3, 0.4) is 0 Å². The molecule has 1 heterocycles. The van der Waals surface area contributed by atoms with Gasteiger partial charge in [0.15, 0.2) is 5.96 Å². The molecule has 2 unspecified atom stereocenters. The van der Waals surface area contributed by atoms with Crippen LogP contribution in [0.1, 0.15) is 35.4 Å². The molecule has 1 aromatic carbocycles. The first-order valence-electron chi connectivity index (χ1n) is 9.74. The quantitative estimate of drug-likeness (QED) is 0.578. The molecule has 1 amide bonds. The lowest BCUT2D eigenvalue weighted by Gasteiger charge is -2.27. The highest BCUT2D eigenvalue weighted by atomic mass is 32.1. The molecule has 2 aromatic rings. The van der Waals surface area contributed by atoms with Crippen LogP contribution in [0.5, 0.6) is 0 Å². The van der Waals surface area contributed by atoms with Crippen LogP contribution in [0.2, 0.25) is 0 Å². The van der Waals surface area contributed by atoms with Crippen molar-refractivity contribution in [1.29, 1.82) is 0 Å². The van der Waals surface area contributed by atoms with Gasteiger partial charge in [-0.05, 0) is 30.4 Å². The number of nitrogens with zero attached hydrogens (tertiary/aromatic N) is 3. The number of likely N-dealkylation sites (N-methyl/N-ethyl adjacent to an activating group) is 1. The van der Waals surface area contributed by atoms with E-state index in [1.165, 1.54) is 11.1 Å². The number of thiazole rings is 1. The number of benzene rings is 1. The van der Waals surface area contributed by atoms with Crippen molar-refractivity contribution < 1.29 is 4.79 Å². The summed E-state index contributed by atoms with van der Waals surface area (Å²) in [5, 5.41) is 10.0. The lowest BCUT2D eigenvalue weighted by Crippen LogP contribution is -2.47. The molecule has 1 aromatic heterocycles. The third-order valence-electron chi connectivity index (χ3n) is 5.01. The van der Waals surface area contributed by atoms with Crippen LogP contribution >= 0.6 is 11.3 Å². The van der Waals surface area contributed by atoms with E-state index in [1.807, 2.05) is 11.6 Å². The normalized spacial score (nSPS) is 17.5. The number of hydrogen-bond acceptors (Lipinski definition) is 4. The third-order valence-corrected chi connectivity index (χ3v) is 6.01. The van der Waals surface area contributed by atoms with Gasteiger partial charge in [0.25, 0.3) is 0 Å². The van der Waals surface area contributed by atoms with Crippen LogP contribution in [0.4, 0.5) is 0 Å². The highest BCUT2D eigenvalue weighted by Gasteiger charge is 2.20. The van der Waals surface area contributed by atoms with Gasteiger partial charge in [-0.2, -0.15) is 0 Å². The van der Waals surface area contributed by atoms with Gasteiger partial charge in [-0.15, -0.1) is 11.3 Å². The monoisotopic (exact) mass is 399 g/mol. The predicted octanol–water partition coefficient (Wildman–Crippen LogP) is 2.43. The smallest absolute Gasteiger partial charge is 0.243 e. The summed E-state index contributed by atoms with van der Waals surface area (Å²) < 4.78 is 0. The van der Waals surface area contributed by atoms with E-state index in [1.54, 1.807) is 30.3 Å². The van der Waals surface area contributed by atoms with Crippen LogP contribution in [-0.4, -0.2) is 55.0 Å². The maximum absolute atomic E-state index is 12.0. The van der Waals surface area contributed by atoms with Crippen LogP contribution in [0.15, 0.2) is 40.8 Å². The maximum Gasteiger partial charge on any atom is 0.243 e. The number of nitrogens with one attached hydrogen (secondary N) is 2. The summed E-state index contributed by atoms with van der Waals surface area (Å²) in [6.07, 6.45) is 4.92. The Bertz CT molecular complexity index is 803. The summed E-state index contributed by atoms with van der Waals surface area (Å²) in [6.45, 7) is 3.00. The van der Waals surface area contributed by atoms with Gasteiger partial charge in [0.1, 0.15) is 6.54 Å². The molecule has 1 aliphatic carbocycles. The molecular weight excluding hydrogens is 370 g/mol. The Balaban J connectivity index is 1.64. The summed E-state index contributed by atoms with van der Waals surface area (Å²) in [5.74, 6) is 0.967. The molecule has 0 spiro atoms. The number of aliphatic imine (C=N–C) groups is 1. The number of aryl methyl sites for hydroxylation is 1. The fraction of sp³-hybridized carbons (Fsp3) is 0.476. The molecule has 2 N–H and O–H groups in total. The first kappa shape index (κ1) is 20.3. The van der Waals surface area contributed by atoms with Gasteiger partial charge in [0, 0.05) is 44.2 Å². The Morgan fingerprint density at radius 2 is 2.14 bits per heavy atom. The molecule has 2 atom stereocenters. The molecular formula is C21H29N5OS. The predicted molar refractivity (Wildman–Crippen MR) is 115 cm³/mol. The summed E-state index contributed by atoms with van der Waals surface area (Å²) >= 11 is 1.66. The lowest BCUT2D eigenvalue weighted by atomic mass is 9.88.